The molecule has 3 amide bonds. The van der Waals surface area contributed by atoms with E-state index in [1.165, 1.54) is 29.7 Å². The predicted octanol–water partition coefficient (Wildman–Crippen LogP) is -0.473. The van der Waals surface area contributed by atoms with E-state index in [0.29, 0.717) is 26.1 Å². The summed E-state index contributed by atoms with van der Waals surface area (Å²) in [6.45, 7) is 0.0853. The number of nitrogens with one attached hydrogen (secondary N) is 2. The zero-order chi connectivity index (χ0) is 29.0. The number of nitrogens with zero attached hydrogens (tertiary/aromatic N) is 2. The van der Waals surface area contributed by atoms with E-state index in [-0.39, 0.29) is 36.8 Å². The van der Waals surface area contributed by atoms with Crippen molar-refractivity contribution in [2.45, 2.75) is 29.0 Å². The van der Waals surface area contributed by atoms with Gasteiger partial charge in [-0.15, -0.1) is 23.5 Å². The number of fused-ring (bicyclic) bond motifs is 1. The molecule has 1 aromatic carbocycles. The van der Waals surface area contributed by atoms with Crippen LogP contribution in [0.25, 0.3) is 0 Å². The molecule has 0 spiro atoms. The lowest BCUT2D eigenvalue weighted by molar-refractivity contribution is -0.689. The SMILES string of the molecule is NCC(O)CNC(=O)c1ccc[n+](CC2=C(C(=O)[O-])N3C(=O)[C@@H](NC(=O)CSc4cc(Cl)ccc4Cl)[C@H]3SC2)c1. The van der Waals surface area contributed by atoms with Gasteiger partial charge in [0.05, 0.1) is 28.5 Å². The number of nitrogens with two attached hydrogens (primary N) is 1. The van der Waals surface area contributed by atoms with Crippen LogP contribution in [0.15, 0.2) is 58.9 Å². The van der Waals surface area contributed by atoms with Crippen LogP contribution in [0, 0.1) is 0 Å². The van der Waals surface area contributed by atoms with Crippen LogP contribution in [0.3, 0.4) is 0 Å². The van der Waals surface area contributed by atoms with Crippen LogP contribution in [0.1, 0.15) is 10.4 Å². The highest BCUT2D eigenvalue weighted by molar-refractivity contribution is 8.00. The van der Waals surface area contributed by atoms with Crippen molar-refractivity contribution in [3.05, 3.63) is 69.6 Å². The molecule has 0 saturated carbocycles. The molecule has 40 heavy (non-hydrogen) atoms. The summed E-state index contributed by atoms with van der Waals surface area (Å²) in [5.74, 6) is -2.64. The van der Waals surface area contributed by atoms with Crippen molar-refractivity contribution < 1.29 is 34.0 Å². The summed E-state index contributed by atoms with van der Waals surface area (Å²) in [5, 5.41) is 27.2. The van der Waals surface area contributed by atoms with Gasteiger partial charge in [0.25, 0.3) is 11.8 Å². The molecule has 2 aromatic rings. The van der Waals surface area contributed by atoms with Crippen molar-refractivity contribution in [2.75, 3.05) is 24.6 Å². The first-order valence-electron chi connectivity index (χ1n) is 12.0. The van der Waals surface area contributed by atoms with E-state index < -0.39 is 41.2 Å². The average molecular weight is 627 g/mol. The molecule has 3 atom stereocenters. The summed E-state index contributed by atoms with van der Waals surface area (Å²) >= 11 is 14.6. The minimum Gasteiger partial charge on any atom is -0.543 e. The van der Waals surface area contributed by atoms with Crippen molar-refractivity contribution in [3.63, 3.8) is 0 Å². The Bertz CT molecular complexity index is 1380. The number of benzene rings is 1. The zero-order valence-electron chi connectivity index (χ0n) is 20.8. The highest BCUT2D eigenvalue weighted by Crippen LogP contribution is 2.40. The van der Waals surface area contributed by atoms with Crippen LogP contribution in [0.4, 0.5) is 0 Å². The number of aliphatic carboxylic acids is 1. The number of carboxylic acid groups (broad SMARTS) is 1. The molecule has 0 radical (unpaired) electrons. The normalized spacial score (nSPS) is 19.0. The van der Waals surface area contributed by atoms with Gasteiger partial charge < -0.3 is 31.4 Å². The number of aliphatic hydroxyl groups is 1. The lowest BCUT2D eigenvalue weighted by Gasteiger charge is -2.50. The second kappa shape index (κ2) is 13.2. The number of aromatic nitrogens is 1. The number of rotatable bonds is 11. The molecular weight excluding hydrogens is 601 g/mol. The standard InChI is InChI=1S/C25H25Cl2N5O6S2/c26-15-3-4-17(27)18(6-15)39-12-19(34)30-20-23(36)32-21(25(37)38)14(11-40-24(20)32)10-31-5-1-2-13(9-31)22(35)29-8-16(33)7-28/h1-6,9,16,20,24,33H,7-8,10-12,28H2,(H2-,29,30,34,35,37,38)/t16?,20-,24-/m1/s1. The third-order valence-electron chi connectivity index (χ3n) is 6.07. The number of aliphatic hydroxyl groups excluding tert-OH is 1. The van der Waals surface area contributed by atoms with Gasteiger partial charge in [0.1, 0.15) is 17.0 Å². The summed E-state index contributed by atoms with van der Waals surface area (Å²) in [4.78, 5) is 51.8. The fourth-order valence-electron chi connectivity index (χ4n) is 4.11. The summed E-state index contributed by atoms with van der Waals surface area (Å²) in [7, 11) is 0. The molecule has 1 fully saturated rings. The monoisotopic (exact) mass is 625 g/mol. The minimum atomic E-state index is -1.50. The number of carbonyl (C=O) groups excluding carboxylic acids is 4. The van der Waals surface area contributed by atoms with Crippen molar-refractivity contribution in [2.24, 2.45) is 5.73 Å². The Morgan fingerprint density at radius 3 is 2.80 bits per heavy atom. The number of carbonyl (C=O) groups is 4. The molecule has 5 N–H and O–H groups in total. The molecular formula is C25H25Cl2N5O6S2. The Morgan fingerprint density at radius 1 is 1.30 bits per heavy atom. The number of hydrogen-bond donors (Lipinski definition) is 4. The first kappa shape index (κ1) is 30.2. The van der Waals surface area contributed by atoms with Gasteiger partial charge in [-0.25, -0.2) is 4.57 Å². The van der Waals surface area contributed by atoms with Crippen LogP contribution in [0.2, 0.25) is 10.0 Å². The predicted molar refractivity (Wildman–Crippen MR) is 148 cm³/mol. The van der Waals surface area contributed by atoms with E-state index in [1.807, 2.05) is 0 Å². The van der Waals surface area contributed by atoms with Gasteiger partial charge in [0, 0.05) is 40.4 Å². The summed E-state index contributed by atoms with van der Waals surface area (Å²) in [6.07, 6.45) is 2.32. The molecule has 4 rings (SSSR count). The Labute approximate surface area is 248 Å². The van der Waals surface area contributed by atoms with Crippen molar-refractivity contribution in [1.82, 2.24) is 15.5 Å². The van der Waals surface area contributed by atoms with E-state index in [2.05, 4.69) is 10.6 Å². The Balaban J connectivity index is 1.41. The minimum absolute atomic E-state index is 0.00445. The third kappa shape index (κ3) is 6.90. The van der Waals surface area contributed by atoms with Gasteiger partial charge in [0.2, 0.25) is 5.91 Å². The fraction of sp³-hybridized carbons (Fsp3) is 0.320. The second-order valence-corrected chi connectivity index (χ2v) is 11.9. The Morgan fingerprint density at radius 2 is 2.08 bits per heavy atom. The Kier molecular flexibility index (Phi) is 9.98. The van der Waals surface area contributed by atoms with Crippen LogP contribution >= 0.6 is 46.7 Å². The molecule has 15 heteroatoms. The number of carboxylic acids is 1. The molecule has 2 aliphatic rings. The van der Waals surface area contributed by atoms with Gasteiger partial charge in [-0.05, 0) is 24.3 Å². The van der Waals surface area contributed by atoms with Gasteiger partial charge in [-0.3, -0.25) is 19.3 Å². The molecule has 1 aromatic heterocycles. The van der Waals surface area contributed by atoms with Crippen molar-refractivity contribution >= 4 is 70.4 Å². The van der Waals surface area contributed by atoms with E-state index in [1.54, 1.807) is 41.1 Å². The van der Waals surface area contributed by atoms with E-state index in [4.69, 9.17) is 28.9 Å². The van der Waals surface area contributed by atoms with Gasteiger partial charge >= 0.3 is 0 Å². The number of thioether (sulfide) groups is 2. The quantitative estimate of drug-likeness (QED) is 0.146. The van der Waals surface area contributed by atoms with Crippen LogP contribution < -0.4 is 26.0 Å². The van der Waals surface area contributed by atoms with Crippen LogP contribution in [-0.4, -0.2) is 75.8 Å². The lowest BCUT2D eigenvalue weighted by atomic mass is 10.0. The number of amides is 3. The molecule has 212 valence electrons. The number of halogens is 2. The van der Waals surface area contributed by atoms with Gasteiger partial charge in [-0.1, -0.05) is 23.2 Å². The molecule has 0 aliphatic carbocycles. The molecule has 1 unspecified atom stereocenters. The highest BCUT2D eigenvalue weighted by Gasteiger charge is 2.53. The van der Waals surface area contributed by atoms with E-state index in [9.17, 15) is 29.4 Å². The van der Waals surface area contributed by atoms with Gasteiger partial charge in [0.15, 0.2) is 18.9 Å². The second-order valence-electron chi connectivity index (χ2n) is 8.92. The molecule has 2 aliphatic heterocycles. The first-order valence-corrected chi connectivity index (χ1v) is 14.8. The topological polar surface area (TPSA) is 169 Å². The largest absolute Gasteiger partial charge is 0.543 e. The number of pyridine rings is 1. The van der Waals surface area contributed by atoms with E-state index >= 15 is 0 Å². The smallest absolute Gasteiger partial charge is 0.257 e. The molecule has 11 nitrogen and oxygen atoms in total. The fourth-order valence-corrected chi connectivity index (χ4v) is 6.75. The third-order valence-corrected chi connectivity index (χ3v) is 9.14. The molecule has 0 bridgehead atoms. The lowest BCUT2D eigenvalue weighted by Crippen LogP contribution is -2.71. The maximum Gasteiger partial charge on any atom is 0.257 e. The first-order chi connectivity index (χ1) is 19.1. The number of β-lactam (4-membered cyclic amide) rings is 1. The number of hydrogen-bond acceptors (Lipinski definition) is 9. The maximum absolute atomic E-state index is 13.0. The zero-order valence-corrected chi connectivity index (χ0v) is 24.0. The maximum atomic E-state index is 13.0. The van der Waals surface area contributed by atoms with Crippen molar-refractivity contribution in [3.8, 4) is 0 Å². The van der Waals surface area contributed by atoms with Crippen molar-refractivity contribution in [1.29, 1.82) is 0 Å². The molecule has 1 saturated heterocycles. The van der Waals surface area contributed by atoms with Crippen LogP contribution in [0.5, 0.6) is 0 Å². The average Bonchev–Trinajstić information content (AvgIpc) is 2.94. The molecule has 3 heterocycles. The Hall–Kier alpha value is -2.81. The van der Waals surface area contributed by atoms with E-state index in [0.717, 1.165) is 4.90 Å². The highest BCUT2D eigenvalue weighted by atomic mass is 35.5. The summed E-state index contributed by atoms with van der Waals surface area (Å²) in [5.41, 5.74) is 5.83. The summed E-state index contributed by atoms with van der Waals surface area (Å²) < 4.78 is 1.62. The van der Waals surface area contributed by atoms with Gasteiger partial charge in [-0.2, -0.15) is 0 Å². The summed E-state index contributed by atoms with van der Waals surface area (Å²) in [6, 6.07) is 7.22. The van der Waals surface area contributed by atoms with Crippen LogP contribution in [-0.2, 0) is 20.9 Å².